The van der Waals surface area contributed by atoms with Gasteiger partial charge in [0.25, 0.3) is 0 Å². The van der Waals surface area contributed by atoms with Gasteiger partial charge in [-0.2, -0.15) is 18.3 Å². The van der Waals surface area contributed by atoms with Crippen LogP contribution in [0.15, 0.2) is 6.07 Å². The lowest BCUT2D eigenvalue weighted by Gasteiger charge is -2.27. The molecule has 0 radical (unpaired) electrons. The third-order valence-corrected chi connectivity index (χ3v) is 3.93. The number of nitrogens with one attached hydrogen (secondary N) is 1. The van der Waals surface area contributed by atoms with Gasteiger partial charge >= 0.3 is 6.18 Å². The summed E-state index contributed by atoms with van der Waals surface area (Å²) in [7, 11) is 0. The minimum atomic E-state index is -4.21. The Balaban J connectivity index is 1.92. The molecule has 3 rings (SSSR count). The zero-order valence-electron chi connectivity index (χ0n) is 10.0. The molecular weight excluding hydrogens is 243 g/mol. The highest BCUT2D eigenvalue weighted by molar-refractivity contribution is 5.40. The van der Waals surface area contributed by atoms with E-state index in [2.05, 4.69) is 10.4 Å². The first-order valence-electron chi connectivity index (χ1n) is 6.46. The van der Waals surface area contributed by atoms with Gasteiger partial charge in [0.05, 0.1) is 5.69 Å². The number of anilines is 1. The Bertz CT molecular complexity index is 432. The van der Waals surface area contributed by atoms with Gasteiger partial charge in [0.1, 0.15) is 5.82 Å². The van der Waals surface area contributed by atoms with Crippen LogP contribution in [-0.4, -0.2) is 22.5 Å². The zero-order valence-corrected chi connectivity index (χ0v) is 10.0. The minimum Gasteiger partial charge on any atom is -0.370 e. The topological polar surface area (TPSA) is 29.9 Å². The molecule has 1 unspecified atom stereocenters. The van der Waals surface area contributed by atoms with Gasteiger partial charge in [-0.3, -0.25) is 0 Å². The Hall–Kier alpha value is -1.20. The van der Waals surface area contributed by atoms with E-state index in [9.17, 15) is 13.2 Å². The molecule has 1 aromatic heterocycles. The third-order valence-electron chi connectivity index (χ3n) is 3.93. The third kappa shape index (κ3) is 1.97. The molecule has 1 saturated carbocycles. The second kappa shape index (κ2) is 4.17. The van der Waals surface area contributed by atoms with E-state index in [4.69, 9.17) is 0 Å². The molecule has 1 aliphatic carbocycles. The van der Waals surface area contributed by atoms with Gasteiger partial charge in [0.2, 0.25) is 0 Å². The van der Waals surface area contributed by atoms with E-state index in [1.54, 1.807) is 6.07 Å². The number of nitrogens with zero attached hydrogens (tertiary/aromatic N) is 2. The van der Waals surface area contributed by atoms with Crippen LogP contribution in [0, 0.1) is 0 Å². The zero-order chi connectivity index (χ0) is 12.8. The van der Waals surface area contributed by atoms with Crippen LogP contribution in [0.3, 0.4) is 0 Å². The van der Waals surface area contributed by atoms with Crippen LogP contribution in [0.5, 0.6) is 0 Å². The van der Waals surface area contributed by atoms with Crippen LogP contribution < -0.4 is 5.32 Å². The molecule has 1 N–H and O–H groups in total. The van der Waals surface area contributed by atoms with Crippen molar-refractivity contribution in [2.75, 3.05) is 11.9 Å². The second-order valence-electron chi connectivity index (χ2n) is 5.15. The fraction of sp³-hybridized carbons (Fsp3) is 0.750. The lowest BCUT2D eigenvalue weighted by atomic mass is 10.0. The first kappa shape index (κ1) is 11.9. The fourth-order valence-corrected chi connectivity index (χ4v) is 2.97. The number of rotatable bonds is 1. The fourth-order valence-electron chi connectivity index (χ4n) is 2.97. The highest BCUT2D eigenvalue weighted by Crippen LogP contribution is 2.40. The maximum absolute atomic E-state index is 12.9. The number of alkyl halides is 3. The Kier molecular flexibility index (Phi) is 2.75. The molecule has 0 spiro atoms. The largest absolute Gasteiger partial charge is 0.410 e. The molecule has 2 heterocycles. The Morgan fingerprint density at radius 1 is 1.22 bits per heavy atom. The first-order valence-corrected chi connectivity index (χ1v) is 6.46. The number of hydrogen-bond acceptors (Lipinski definition) is 2. The molecule has 0 saturated heterocycles. The molecule has 18 heavy (non-hydrogen) atoms. The summed E-state index contributed by atoms with van der Waals surface area (Å²) < 4.78 is 39.9. The van der Waals surface area contributed by atoms with Crippen LogP contribution in [0.25, 0.3) is 0 Å². The van der Waals surface area contributed by atoms with Gasteiger partial charge < -0.3 is 5.32 Å². The van der Waals surface area contributed by atoms with Gasteiger partial charge in [-0.1, -0.05) is 12.8 Å². The van der Waals surface area contributed by atoms with Gasteiger partial charge in [0, 0.05) is 18.5 Å². The summed E-state index contributed by atoms with van der Waals surface area (Å²) in [6.45, 7) is 0.361. The van der Waals surface area contributed by atoms with Crippen molar-refractivity contribution in [2.24, 2.45) is 0 Å². The number of fused-ring (bicyclic) bond motifs is 1. The van der Waals surface area contributed by atoms with Gasteiger partial charge in [-0.25, -0.2) is 4.68 Å². The maximum Gasteiger partial charge on any atom is 0.410 e. The van der Waals surface area contributed by atoms with Crippen LogP contribution in [0.4, 0.5) is 19.0 Å². The summed E-state index contributed by atoms with van der Waals surface area (Å²) >= 11 is 0. The van der Waals surface area contributed by atoms with Crippen molar-refractivity contribution in [3.63, 3.8) is 0 Å². The molecule has 2 aliphatic rings. The molecule has 1 fully saturated rings. The Labute approximate surface area is 103 Å². The molecule has 0 amide bonds. The normalized spacial score (nSPS) is 24.9. The number of aromatic nitrogens is 2. The second-order valence-corrected chi connectivity index (χ2v) is 5.15. The Morgan fingerprint density at radius 2 is 1.94 bits per heavy atom. The van der Waals surface area contributed by atoms with Crippen LogP contribution in [0.1, 0.15) is 49.8 Å². The van der Waals surface area contributed by atoms with Crippen LogP contribution >= 0.6 is 0 Å². The molecule has 3 nitrogen and oxygen atoms in total. The summed E-state index contributed by atoms with van der Waals surface area (Å²) in [5.41, 5.74) is 0.825. The van der Waals surface area contributed by atoms with Crippen molar-refractivity contribution in [2.45, 2.75) is 50.2 Å². The van der Waals surface area contributed by atoms with Crippen LogP contribution in [0.2, 0.25) is 0 Å². The van der Waals surface area contributed by atoms with E-state index in [0.717, 1.165) is 36.1 Å². The molecular formula is C12H16F3N3. The summed E-state index contributed by atoms with van der Waals surface area (Å²) in [6, 6.07) is 0.331. The average molecular weight is 259 g/mol. The standard InChI is InChI=1S/C12H16F3N3/c13-12(14,15)10-5-6-16-11-7-9(17-18(10)11)8-3-1-2-4-8/h7-8,10,16H,1-6H2. The summed E-state index contributed by atoms with van der Waals surface area (Å²) in [5, 5.41) is 7.22. The molecule has 100 valence electrons. The maximum atomic E-state index is 12.9. The van der Waals surface area contributed by atoms with E-state index in [1.807, 2.05) is 0 Å². The molecule has 0 aromatic carbocycles. The molecule has 1 atom stereocenters. The van der Waals surface area contributed by atoms with Crippen LogP contribution in [-0.2, 0) is 0 Å². The first-order chi connectivity index (χ1) is 8.55. The van der Waals surface area contributed by atoms with E-state index in [-0.39, 0.29) is 6.42 Å². The summed E-state index contributed by atoms with van der Waals surface area (Å²) in [5.74, 6) is 0.865. The van der Waals surface area contributed by atoms with E-state index < -0.39 is 12.2 Å². The van der Waals surface area contributed by atoms with Crippen molar-refractivity contribution in [1.82, 2.24) is 9.78 Å². The molecule has 1 aliphatic heterocycles. The number of hydrogen-bond donors (Lipinski definition) is 1. The van der Waals surface area contributed by atoms with Gasteiger partial charge in [-0.15, -0.1) is 0 Å². The average Bonchev–Trinajstić information content (AvgIpc) is 2.95. The minimum absolute atomic E-state index is 0.0578. The SMILES string of the molecule is FC(F)(F)C1CCNc2cc(C3CCCC3)nn21. The van der Waals surface area contributed by atoms with Gasteiger partial charge in [0.15, 0.2) is 6.04 Å². The number of halogens is 3. The summed E-state index contributed by atoms with van der Waals surface area (Å²) in [4.78, 5) is 0. The van der Waals surface area contributed by atoms with Crippen molar-refractivity contribution < 1.29 is 13.2 Å². The quantitative estimate of drug-likeness (QED) is 0.837. The monoisotopic (exact) mass is 259 g/mol. The van der Waals surface area contributed by atoms with E-state index in [1.165, 1.54) is 0 Å². The highest BCUT2D eigenvalue weighted by atomic mass is 19.4. The predicted molar refractivity (Wildman–Crippen MR) is 61.6 cm³/mol. The van der Waals surface area contributed by atoms with Crippen molar-refractivity contribution >= 4 is 5.82 Å². The van der Waals surface area contributed by atoms with Gasteiger partial charge in [-0.05, 0) is 19.3 Å². The smallest absolute Gasteiger partial charge is 0.370 e. The lowest BCUT2D eigenvalue weighted by molar-refractivity contribution is -0.171. The highest BCUT2D eigenvalue weighted by Gasteiger charge is 2.44. The molecule has 0 bridgehead atoms. The van der Waals surface area contributed by atoms with Crippen molar-refractivity contribution in [3.8, 4) is 0 Å². The molecule has 6 heteroatoms. The van der Waals surface area contributed by atoms with E-state index in [0.29, 0.717) is 18.3 Å². The predicted octanol–water partition coefficient (Wildman–Crippen LogP) is 3.46. The summed E-state index contributed by atoms with van der Waals surface area (Å²) in [6.07, 6.45) is 0.254. The molecule has 1 aromatic rings. The van der Waals surface area contributed by atoms with Crippen molar-refractivity contribution in [1.29, 1.82) is 0 Å². The van der Waals surface area contributed by atoms with E-state index >= 15 is 0 Å². The van der Waals surface area contributed by atoms with Crippen molar-refractivity contribution in [3.05, 3.63) is 11.8 Å². The lowest BCUT2D eigenvalue weighted by Crippen LogP contribution is -2.33. The Morgan fingerprint density at radius 3 is 2.61 bits per heavy atom.